The van der Waals surface area contributed by atoms with Crippen molar-refractivity contribution in [1.82, 2.24) is 19.2 Å². The highest BCUT2D eigenvalue weighted by Crippen LogP contribution is 2.36. The van der Waals surface area contributed by atoms with Crippen molar-refractivity contribution in [1.29, 1.82) is 0 Å². The second kappa shape index (κ2) is 8.47. The highest BCUT2D eigenvalue weighted by molar-refractivity contribution is 7.99. The average molecular weight is 473 g/mol. The van der Waals surface area contributed by atoms with Crippen LogP contribution in [-0.2, 0) is 19.3 Å². The van der Waals surface area contributed by atoms with Gasteiger partial charge in [0.1, 0.15) is 4.83 Å². The van der Waals surface area contributed by atoms with Crippen LogP contribution in [0.1, 0.15) is 34.4 Å². The van der Waals surface area contributed by atoms with E-state index in [0.29, 0.717) is 5.78 Å². The van der Waals surface area contributed by atoms with Crippen LogP contribution in [0.2, 0.25) is 0 Å². The molecule has 5 aromatic rings. The van der Waals surface area contributed by atoms with Crippen molar-refractivity contribution < 1.29 is 0 Å². The molecule has 0 amide bonds. The van der Waals surface area contributed by atoms with Crippen LogP contribution in [0.3, 0.4) is 0 Å². The number of rotatable bonds is 5. The Morgan fingerprint density at radius 3 is 2.73 bits per heavy atom. The number of thioether (sulfide) groups is 1. The van der Waals surface area contributed by atoms with Crippen LogP contribution in [0, 0.1) is 6.92 Å². The zero-order chi connectivity index (χ0) is 22.4. The highest BCUT2D eigenvalue weighted by Gasteiger charge is 2.25. The summed E-state index contributed by atoms with van der Waals surface area (Å²) in [6, 6.07) is 18.6. The van der Waals surface area contributed by atoms with Crippen molar-refractivity contribution in [3.8, 4) is 5.69 Å². The van der Waals surface area contributed by atoms with Gasteiger partial charge >= 0.3 is 0 Å². The predicted octanol–water partition coefficient (Wildman–Crippen LogP) is 5.62. The molecule has 0 atom stereocenters. The maximum atomic E-state index is 13.9. The van der Waals surface area contributed by atoms with Crippen molar-refractivity contribution in [3.05, 3.63) is 86.5 Å². The van der Waals surface area contributed by atoms with Crippen molar-refractivity contribution in [3.63, 3.8) is 0 Å². The maximum absolute atomic E-state index is 13.9. The van der Waals surface area contributed by atoms with E-state index in [1.54, 1.807) is 27.7 Å². The van der Waals surface area contributed by atoms with Crippen molar-refractivity contribution in [2.24, 2.45) is 0 Å². The van der Waals surface area contributed by atoms with Crippen LogP contribution in [0.15, 0.2) is 64.5 Å². The molecule has 166 valence electrons. The minimum atomic E-state index is 0.0238. The molecule has 5 nitrogen and oxygen atoms in total. The summed E-state index contributed by atoms with van der Waals surface area (Å²) >= 11 is 3.46. The molecule has 0 aliphatic heterocycles. The van der Waals surface area contributed by atoms with E-state index in [2.05, 4.69) is 38.9 Å². The van der Waals surface area contributed by atoms with Crippen molar-refractivity contribution in [2.75, 3.05) is 5.75 Å². The van der Waals surface area contributed by atoms with Gasteiger partial charge in [-0.15, -0.1) is 21.5 Å². The van der Waals surface area contributed by atoms with Crippen molar-refractivity contribution in [2.45, 2.75) is 44.2 Å². The second-order valence-corrected chi connectivity index (χ2v) is 10.7. The number of hydrogen-bond donors (Lipinski definition) is 0. The molecular formula is C26H24N4OS2. The summed E-state index contributed by atoms with van der Waals surface area (Å²) in [6.45, 7) is 2.05. The summed E-state index contributed by atoms with van der Waals surface area (Å²) in [5.74, 6) is 1.50. The predicted molar refractivity (Wildman–Crippen MR) is 136 cm³/mol. The summed E-state index contributed by atoms with van der Waals surface area (Å²) in [5.41, 5.74) is 4.53. The molecule has 0 unspecified atom stereocenters. The van der Waals surface area contributed by atoms with E-state index >= 15 is 0 Å². The number of thiophene rings is 1. The van der Waals surface area contributed by atoms with Gasteiger partial charge in [0.2, 0.25) is 5.78 Å². The minimum Gasteiger partial charge on any atom is -0.268 e. The third-order valence-corrected chi connectivity index (χ3v) is 8.52. The molecule has 0 saturated carbocycles. The monoisotopic (exact) mass is 472 g/mol. The van der Waals surface area contributed by atoms with E-state index < -0.39 is 0 Å². The fourth-order valence-corrected chi connectivity index (χ4v) is 7.07. The molecule has 0 radical (unpaired) electrons. The number of nitrogens with zero attached hydrogens (tertiary/aromatic N) is 4. The quantitative estimate of drug-likeness (QED) is 0.312. The molecule has 2 aromatic carbocycles. The van der Waals surface area contributed by atoms with E-state index in [4.69, 9.17) is 0 Å². The number of benzene rings is 2. The lowest BCUT2D eigenvalue weighted by atomic mass is 9.97. The first kappa shape index (κ1) is 20.7. The van der Waals surface area contributed by atoms with E-state index in [1.165, 1.54) is 22.4 Å². The van der Waals surface area contributed by atoms with Gasteiger partial charge < -0.3 is 0 Å². The zero-order valence-corrected chi connectivity index (χ0v) is 20.1. The molecule has 1 aliphatic rings. The largest absolute Gasteiger partial charge is 0.268 e. The van der Waals surface area contributed by atoms with Crippen LogP contribution >= 0.6 is 23.1 Å². The molecule has 0 spiro atoms. The fourth-order valence-electron chi connectivity index (χ4n) is 4.72. The lowest BCUT2D eigenvalue weighted by molar-refractivity contribution is 0.699. The maximum Gasteiger partial charge on any atom is 0.268 e. The molecule has 0 bridgehead atoms. The number of fused-ring (bicyclic) bond motifs is 5. The molecular weight excluding hydrogens is 448 g/mol. The van der Waals surface area contributed by atoms with E-state index in [0.717, 1.165) is 58.1 Å². The molecule has 3 heterocycles. The first-order chi connectivity index (χ1) is 16.2. The third-order valence-electron chi connectivity index (χ3n) is 6.31. The van der Waals surface area contributed by atoms with Gasteiger partial charge in [-0.3, -0.25) is 4.79 Å². The second-order valence-electron chi connectivity index (χ2n) is 8.57. The Labute approximate surface area is 200 Å². The molecule has 6 rings (SSSR count). The molecule has 3 aromatic heterocycles. The Morgan fingerprint density at radius 2 is 1.88 bits per heavy atom. The standard InChI is InChI=1S/C26H24N4OS2/c1-17-8-7-11-19(16-17)29-23(31)22-20-12-5-6-13-21(20)33-24(22)30-25(29)27-28-26(30)32-15-14-18-9-3-2-4-10-18/h2-4,7-11,16H,5-6,12-15H2,1H3. The molecule has 0 fully saturated rings. The van der Waals surface area contributed by atoms with Gasteiger partial charge in [-0.25, -0.2) is 8.97 Å². The molecule has 0 saturated heterocycles. The van der Waals surface area contributed by atoms with Crippen molar-refractivity contribution >= 4 is 39.1 Å². The number of aromatic nitrogens is 4. The molecule has 33 heavy (non-hydrogen) atoms. The van der Waals surface area contributed by atoms with Crippen LogP contribution in [0.25, 0.3) is 21.7 Å². The van der Waals surface area contributed by atoms with E-state index in [-0.39, 0.29) is 5.56 Å². The molecule has 1 aliphatic carbocycles. The Bertz CT molecular complexity index is 1530. The first-order valence-corrected chi connectivity index (χ1v) is 13.2. The van der Waals surface area contributed by atoms with Crippen LogP contribution < -0.4 is 5.56 Å². The van der Waals surface area contributed by atoms with Crippen LogP contribution in [0.5, 0.6) is 0 Å². The Hall–Kier alpha value is -2.90. The summed E-state index contributed by atoms with van der Waals surface area (Å²) in [6.07, 6.45) is 5.32. The van der Waals surface area contributed by atoms with E-state index in [1.807, 2.05) is 37.3 Å². The molecule has 7 heteroatoms. The SMILES string of the molecule is Cc1cccc(-n2c(=O)c3c4c(sc3n3c(SCCc5ccccc5)nnc23)CCCC4)c1. The molecule has 0 N–H and O–H groups in total. The van der Waals surface area contributed by atoms with Gasteiger partial charge in [0.05, 0.1) is 11.1 Å². The van der Waals surface area contributed by atoms with Gasteiger partial charge in [0.15, 0.2) is 5.16 Å². The van der Waals surface area contributed by atoms with Gasteiger partial charge in [0, 0.05) is 10.6 Å². The minimum absolute atomic E-state index is 0.0238. The smallest absolute Gasteiger partial charge is 0.268 e. The summed E-state index contributed by atoms with van der Waals surface area (Å²) in [4.78, 5) is 16.2. The first-order valence-electron chi connectivity index (χ1n) is 11.4. The number of hydrogen-bond acceptors (Lipinski definition) is 5. The normalized spacial score (nSPS) is 13.6. The van der Waals surface area contributed by atoms with E-state index in [9.17, 15) is 4.79 Å². The highest BCUT2D eigenvalue weighted by atomic mass is 32.2. The zero-order valence-electron chi connectivity index (χ0n) is 18.5. The van der Waals surface area contributed by atoms with Gasteiger partial charge in [0.25, 0.3) is 5.56 Å². The van der Waals surface area contributed by atoms with Gasteiger partial charge in [-0.2, -0.15) is 0 Å². The lowest BCUT2D eigenvalue weighted by Gasteiger charge is -2.12. The van der Waals surface area contributed by atoms with Crippen LogP contribution in [-0.4, -0.2) is 24.9 Å². The lowest BCUT2D eigenvalue weighted by Crippen LogP contribution is -2.22. The fraction of sp³-hybridized carbons (Fsp3) is 0.269. The third kappa shape index (κ3) is 3.60. The summed E-state index contributed by atoms with van der Waals surface area (Å²) in [7, 11) is 0. The Balaban J connectivity index is 1.54. The van der Waals surface area contributed by atoms with Crippen LogP contribution in [0.4, 0.5) is 0 Å². The Kier molecular flexibility index (Phi) is 5.31. The Morgan fingerprint density at radius 1 is 1.03 bits per heavy atom. The average Bonchev–Trinajstić information content (AvgIpc) is 3.42. The summed E-state index contributed by atoms with van der Waals surface area (Å²) in [5, 5.41) is 10.8. The summed E-state index contributed by atoms with van der Waals surface area (Å²) < 4.78 is 3.88. The van der Waals surface area contributed by atoms with Gasteiger partial charge in [-0.1, -0.05) is 54.2 Å². The topological polar surface area (TPSA) is 52.2 Å². The van der Waals surface area contributed by atoms with Gasteiger partial charge in [-0.05, 0) is 67.9 Å². The number of aryl methyl sites for hydroxylation is 4.